The van der Waals surface area contributed by atoms with Gasteiger partial charge in [-0.1, -0.05) is 36.4 Å². The number of para-hydroxylation sites is 1. The molecular weight excluding hydrogens is 295 g/mol. The number of anilines is 1. The first-order valence-electron chi connectivity index (χ1n) is 7.41. The van der Waals surface area contributed by atoms with Crippen LogP contribution in [-0.4, -0.2) is 43.1 Å². The molecule has 0 aliphatic carbocycles. The topological polar surface area (TPSA) is 43.8 Å². The summed E-state index contributed by atoms with van der Waals surface area (Å²) in [5.74, 6) is -0.540. The van der Waals surface area contributed by atoms with Gasteiger partial charge in [0.1, 0.15) is 5.82 Å². The monoisotopic (exact) mass is 316 g/mol. The Morgan fingerprint density at radius 2 is 1.70 bits per heavy atom. The molecular formula is C18H21FN2O2. The fraction of sp³-hybridized carbons (Fsp3) is 0.278. The van der Waals surface area contributed by atoms with Crippen LogP contribution in [-0.2, 0) is 4.79 Å². The van der Waals surface area contributed by atoms with Crippen molar-refractivity contribution in [2.45, 2.75) is 6.10 Å². The highest BCUT2D eigenvalue weighted by atomic mass is 19.1. The Labute approximate surface area is 135 Å². The fourth-order valence-electron chi connectivity index (χ4n) is 2.26. The number of aliphatic hydroxyl groups is 1. The average Bonchev–Trinajstić information content (AvgIpc) is 2.55. The normalized spacial score (nSPS) is 11.8. The maximum absolute atomic E-state index is 13.8. The van der Waals surface area contributed by atoms with E-state index in [1.165, 1.54) is 11.0 Å². The van der Waals surface area contributed by atoms with Crippen molar-refractivity contribution in [1.29, 1.82) is 0 Å². The molecule has 0 saturated heterocycles. The van der Waals surface area contributed by atoms with Crippen molar-refractivity contribution in [2.75, 3.05) is 32.1 Å². The molecule has 0 aliphatic rings. The predicted molar refractivity (Wildman–Crippen MR) is 88.7 cm³/mol. The van der Waals surface area contributed by atoms with Crippen molar-refractivity contribution < 1.29 is 14.3 Å². The molecule has 1 atom stereocenters. The van der Waals surface area contributed by atoms with Crippen LogP contribution in [0.25, 0.3) is 0 Å². The van der Waals surface area contributed by atoms with E-state index in [1.807, 2.05) is 30.3 Å². The van der Waals surface area contributed by atoms with Crippen molar-refractivity contribution >= 4 is 11.6 Å². The number of benzene rings is 2. The zero-order chi connectivity index (χ0) is 16.8. The van der Waals surface area contributed by atoms with E-state index >= 15 is 0 Å². The highest BCUT2D eigenvalue weighted by molar-refractivity contribution is 5.81. The van der Waals surface area contributed by atoms with Gasteiger partial charge in [-0.2, -0.15) is 0 Å². The molecule has 0 spiro atoms. The molecule has 0 bridgehead atoms. The smallest absolute Gasteiger partial charge is 0.241 e. The number of carbonyl (C=O) groups is 1. The summed E-state index contributed by atoms with van der Waals surface area (Å²) in [6, 6.07) is 15.4. The number of nitrogens with zero attached hydrogens (tertiary/aromatic N) is 2. The largest absolute Gasteiger partial charge is 0.386 e. The minimum Gasteiger partial charge on any atom is -0.386 e. The summed E-state index contributed by atoms with van der Waals surface area (Å²) in [7, 11) is 3.36. The SMILES string of the molecule is CN(C)C(=O)CN(CC(O)c1ccccc1F)c1ccccc1. The molecule has 1 unspecified atom stereocenters. The minimum atomic E-state index is -1.02. The Kier molecular flexibility index (Phi) is 5.71. The van der Waals surface area contributed by atoms with Crippen LogP contribution in [0, 0.1) is 5.82 Å². The molecule has 0 saturated carbocycles. The summed E-state index contributed by atoms with van der Waals surface area (Å²) in [5.41, 5.74) is 1.03. The third-order valence-electron chi connectivity index (χ3n) is 3.60. The lowest BCUT2D eigenvalue weighted by Crippen LogP contribution is -2.39. The number of rotatable bonds is 6. The molecule has 2 aromatic rings. The quantitative estimate of drug-likeness (QED) is 0.890. The lowest BCUT2D eigenvalue weighted by molar-refractivity contribution is -0.127. The third kappa shape index (κ3) is 4.53. The molecule has 0 radical (unpaired) electrons. The molecule has 0 aromatic heterocycles. The van der Waals surface area contributed by atoms with Crippen molar-refractivity contribution in [1.82, 2.24) is 4.90 Å². The predicted octanol–water partition coefficient (Wildman–Crippen LogP) is 2.45. The van der Waals surface area contributed by atoms with Gasteiger partial charge in [-0.15, -0.1) is 0 Å². The number of hydrogen-bond donors (Lipinski definition) is 1. The number of amides is 1. The molecule has 0 heterocycles. The summed E-state index contributed by atoms with van der Waals surface area (Å²) < 4.78 is 13.8. The van der Waals surface area contributed by atoms with E-state index in [1.54, 1.807) is 37.2 Å². The lowest BCUT2D eigenvalue weighted by Gasteiger charge is -2.28. The maximum Gasteiger partial charge on any atom is 0.241 e. The zero-order valence-electron chi connectivity index (χ0n) is 13.3. The van der Waals surface area contributed by atoms with Crippen LogP contribution in [0.15, 0.2) is 54.6 Å². The van der Waals surface area contributed by atoms with Gasteiger partial charge in [0.25, 0.3) is 0 Å². The Balaban J connectivity index is 2.20. The van der Waals surface area contributed by atoms with Crippen LogP contribution >= 0.6 is 0 Å². The van der Waals surface area contributed by atoms with Crippen molar-refractivity contribution in [3.63, 3.8) is 0 Å². The molecule has 1 N–H and O–H groups in total. The van der Waals surface area contributed by atoms with E-state index in [2.05, 4.69) is 0 Å². The highest BCUT2D eigenvalue weighted by Crippen LogP contribution is 2.21. The van der Waals surface area contributed by atoms with Gasteiger partial charge >= 0.3 is 0 Å². The lowest BCUT2D eigenvalue weighted by atomic mass is 10.1. The number of likely N-dealkylation sites (N-methyl/N-ethyl adjacent to an activating group) is 1. The Morgan fingerprint density at radius 3 is 2.30 bits per heavy atom. The Morgan fingerprint density at radius 1 is 1.09 bits per heavy atom. The summed E-state index contributed by atoms with van der Waals surface area (Å²) >= 11 is 0. The van der Waals surface area contributed by atoms with Gasteiger partial charge in [-0.25, -0.2) is 4.39 Å². The molecule has 1 amide bonds. The standard InChI is InChI=1S/C18H21FN2O2/c1-20(2)18(23)13-21(14-8-4-3-5-9-14)12-17(22)15-10-6-7-11-16(15)19/h3-11,17,22H,12-13H2,1-2H3. The van der Waals surface area contributed by atoms with E-state index in [0.29, 0.717) is 0 Å². The second-order valence-corrected chi connectivity index (χ2v) is 5.54. The first-order valence-corrected chi connectivity index (χ1v) is 7.41. The zero-order valence-corrected chi connectivity index (χ0v) is 13.3. The van der Waals surface area contributed by atoms with E-state index < -0.39 is 11.9 Å². The molecule has 0 aliphatic heterocycles. The number of carbonyl (C=O) groups excluding carboxylic acids is 1. The van der Waals surface area contributed by atoms with Crippen molar-refractivity contribution in [3.8, 4) is 0 Å². The van der Waals surface area contributed by atoms with Gasteiger partial charge in [0.2, 0.25) is 5.91 Å². The molecule has 2 rings (SSSR count). The number of halogens is 1. The van der Waals surface area contributed by atoms with Gasteiger partial charge in [0.05, 0.1) is 12.6 Å². The summed E-state index contributed by atoms with van der Waals surface area (Å²) in [6.07, 6.45) is -1.02. The van der Waals surface area contributed by atoms with Gasteiger partial charge in [0.15, 0.2) is 0 Å². The fourth-order valence-corrected chi connectivity index (χ4v) is 2.26. The van der Waals surface area contributed by atoms with Crippen LogP contribution in [0.1, 0.15) is 11.7 Å². The summed E-state index contributed by atoms with van der Waals surface area (Å²) in [4.78, 5) is 15.3. The summed E-state index contributed by atoms with van der Waals surface area (Å²) in [5, 5.41) is 10.4. The van der Waals surface area contributed by atoms with Gasteiger partial charge in [-0.3, -0.25) is 4.79 Å². The highest BCUT2D eigenvalue weighted by Gasteiger charge is 2.19. The van der Waals surface area contributed by atoms with E-state index in [9.17, 15) is 14.3 Å². The van der Waals surface area contributed by atoms with Crippen LogP contribution in [0.5, 0.6) is 0 Å². The molecule has 23 heavy (non-hydrogen) atoms. The minimum absolute atomic E-state index is 0.0883. The summed E-state index contributed by atoms with van der Waals surface area (Å²) in [6.45, 7) is 0.243. The molecule has 5 heteroatoms. The maximum atomic E-state index is 13.8. The van der Waals surface area contributed by atoms with Crippen LogP contribution in [0.3, 0.4) is 0 Å². The number of aliphatic hydroxyl groups excluding tert-OH is 1. The molecule has 122 valence electrons. The van der Waals surface area contributed by atoms with E-state index in [0.717, 1.165) is 5.69 Å². The van der Waals surface area contributed by atoms with Gasteiger partial charge in [0, 0.05) is 31.9 Å². The third-order valence-corrected chi connectivity index (χ3v) is 3.60. The first kappa shape index (κ1) is 17.0. The number of hydrogen-bond acceptors (Lipinski definition) is 3. The van der Waals surface area contributed by atoms with Crippen molar-refractivity contribution in [2.24, 2.45) is 0 Å². The van der Waals surface area contributed by atoms with Crippen LogP contribution in [0.2, 0.25) is 0 Å². The first-order chi connectivity index (χ1) is 11.0. The molecule has 4 nitrogen and oxygen atoms in total. The van der Waals surface area contributed by atoms with Crippen LogP contribution in [0.4, 0.5) is 10.1 Å². The molecule has 0 fully saturated rings. The van der Waals surface area contributed by atoms with E-state index in [4.69, 9.17) is 0 Å². The second-order valence-electron chi connectivity index (χ2n) is 5.54. The average molecular weight is 316 g/mol. The Hall–Kier alpha value is -2.40. The second kappa shape index (κ2) is 7.74. The van der Waals surface area contributed by atoms with Gasteiger partial charge < -0.3 is 14.9 Å². The van der Waals surface area contributed by atoms with E-state index in [-0.39, 0.29) is 24.6 Å². The van der Waals surface area contributed by atoms with Gasteiger partial charge in [-0.05, 0) is 18.2 Å². The van der Waals surface area contributed by atoms with Crippen molar-refractivity contribution in [3.05, 3.63) is 66.0 Å². The molecule has 2 aromatic carbocycles. The van der Waals surface area contributed by atoms with Crippen LogP contribution < -0.4 is 4.90 Å². The Bertz CT molecular complexity index is 646.